The second-order valence-electron chi connectivity index (χ2n) is 7.06. The van der Waals surface area contributed by atoms with Gasteiger partial charge in [0.05, 0.1) is 0 Å². The lowest BCUT2D eigenvalue weighted by atomic mass is 10.0. The third kappa shape index (κ3) is 5.45. The first kappa shape index (κ1) is 20.6. The Morgan fingerprint density at radius 3 is 1.97 bits per heavy atom. The topological polar surface area (TPSA) is 26.3 Å². The number of esters is 1. The number of ether oxygens (including phenoxy) is 1. The summed E-state index contributed by atoms with van der Waals surface area (Å²) in [5, 5.41) is 0. The molecule has 3 aromatic rings. The lowest BCUT2D eigenvalue weighted by Gasteiger charge is -2.08. The molecule has 0 amide bonds. The molecule has 3 aromatic carbocycles. The van der Waals surface area contributed by atoms with Crippen LogP contribution in [0.15, 0.2) is 72.8 Å². The van der Waals surface area contributed by atoms with E-state index in [1.165, 1.54) is 28.3 Å². The zero-order valence-corrected chi connectivity index (χ0v) is 17.4. The van der Waals surface area contributed by atoms with Crippen LogP contribution in [0, 0.1) is 0 Å². The van der Waals surface area contributed by atoms with Gasteiger partial charge in [-0.3, -0.25) is 0 Å². The fraction of sp³-hybridized carbons (Fsp3) is 0.222. The molecule has 0 atom stereocenters. The van der Waals surface area contributed by atoms with E-state index in [-0.39, 0.29) is 5.97 Å². The van der Waals surface area contributed by atoms with Crippen LogP contribution in [0.4, 0.5) is 0 Å². The van der Waals surface area contributed by atoms with Crippen molar-refractivity contribution in [1.82, 2.24) is 0 Å². The zero-order valence-electron chi connectivity index (χ0n) is 17.4. The van der Waals surface area contributed by atoms with Gasteiger partial charge in [-0.2, -0.15) is 0 Å². The predicted molar refractivity (Wildman–Crippen MR) is 121 cm³/mol. The minimum absolute atomic E-state index is 0.365. The van der Waals surface area contributed by atoms with Crippen molar-refractivity contribution in [3.63, 3.8) is 0 Å². The van der Waals surface area contributed by atoms with Gasteiger partial charge in [0.25, 0.3) is 0 Å². The molecule has 2 nitrogen and oxygen atoms in total. The number of carbonyl (C=O) groups is 1. The molecule has 0 spiro atoms. The van der Waals surface area contributed by atoms with Crippen LogP contribution >= 0.6 is 0 Å². The van der Waals surface area contributed by atoms with E-state index in [4.69, 9.17) is 4.74 Å². The van der Waals surface area contributed by atoms with Gasteiger partial charge in [0.1, 0.15) is 5.75 Å². The first-order valence-corrected chi connectivity index (χ1v) is 10.3. The Kier molecular flexibility index (Phi) is 7.02. The van der Waals surface area contributed by atoms with Crippen molar-refractivity contribution in [1.29, 1.82) is 0 Å². The number of carbonyl (C=O) groups excluding carboxylic acids is 1. The van der Waals surface area contributed by atoms with Crippen molar-refractivity contribution >= 4 is 12.0 Å². The summed E-state index contributed by atoms with van der Waals surface area (Å²) >= 11 is 0. The quantitative estimate of drug-likeness (QED) is 0.259. The van der Waals surface area contributed by atoms with Crippen LogP contribution in [0.3, 0.4) is 0 Å². The molecule has 0 aromatic heterocycles. The summed E-state index contributed by atoms with van der Waals surface area (Å²) in [6.45, 7) is 6.40. The van der Waals surface area contributed by atoms with Crippen LogP contribution in [-0.4, -0.2) is 5.97 Å². The Morgan fingerprint density at radius 1 is 0.759 bits per heavy atom. The van der Waals surface area contributed by atoms with Gasteiger partial charge in [-0.05, 0) is 70.9 Å². The highest BCUT2D eigenvalue weighted by Gasteiger charge is 2.05. The van der Waals surface area contributed by atoms with E-state index >= 15 is 0 Å². The van der Waals surface area contributed by atoms with Gasteiger partial charge < -0.3 is 4.74 Å². The molecule has 0 saturated heterocycles. The molecule has 29 heavy (non-hydrogen) atoms. The smallest absolute Gasteiger partial charge is 0.336 e. The van der Waals surface area contributed by atoms with Gasteiger partial charge >= 0.3 is 5.97 Å². The summed E-state index contributed by atoms with van der Waals surface area (Å²) in [7, 11) is 0. The van der Waals surface area contributed by atoms with Gasteiger partial charge in [0.2, 0.25) is 0 Å². The second kappa shape index (κ2) is 9.88. The summed E-state index contributed by atoms with van der Waals surface area (Å²) in [6.07, 6.45) is 6.22. The van der Waals surface area contributed by atoms with Crippen molar-refractivity contribution in [2.24, 2.45) is 0 Å². The fourth-order valence-electron chi connectivity index (χ4n) is 3.37. The van der Waals surface area contributed by atoms with Gasteiger partial charge in [-0.25, -0.2) is 4.79 Å². The molecule has 148 valence electrons. The lowest BCUT2D eigenvalue weighted by Crippen LogP contribution is -2.04. The maximum absolute atomic E-state index is 12.2. The Bertz CT molecular complexity index is 980. The van der Waals surface area contributed by atoms with Crippen molar-refractivity contribution in [3.05, 3.63) is 95.1 Å². The van der Waals surface area contributed by atoms with Crippen molar-refractivity contribution in [2.45, 2.75) is 40.0 Å². The maximum atomic E-state index is 12.2. The summed E-state index contributed by atoms with van der Waals surface area (Å²) in [5.74, 6) is 0.232. The summed E-state index contributed by atoms with van der Waals surface area (Å²) in [5.41, 5.74) is 7.18. The molecular formula is C27H28O2. The molecule has 0 unspecified atom stereocenters. The number of benzene rings is 3. The molecule has 0 aliphatic carbocycles. The van der Waals surface area contributed by atoms with E-state index in [0.717, 1.165) is 30.4 Å². The van der Waals surface area contributed by atoms with Crippen molar-refractivity contribution in [2.75, 3.05) is 0 Å². The fourth-order valence-corrected chi connectivity index (χ4v) is 3.37. The first-order valence-electron chi connectivity index (χ1n) is 10.3. The van der Waals surface area contributed by atoms with Crippen molar-refractivity contribution in [3.8, 4) is 16.9 Å². The highest BCUT2D eigenvalue weighted by molar-refractivity contribution is 5.88. The van der Waals surface area contributed by atoms with Crippen LogP contribution in [0.1, 0.15) is 43.0 Å². The zero-order chi connectivity index (χ0) is 20.6. The number of hydrogen-bond donors (Lipinski definition) is 0. The van der Waals surface area contributed by atoms with E-state index in [2.05, 4.69) is 57.2 Å². The molecule has 2 heteroatoms. The molecule has 0 bridgehead atoms. The van der Waals surface area contributed by atoms with E-state index < -0.39 is 0 Å². The molecule has 0 saturated carbocycles. The molecule has 0 N–H and O–H groups in total. The van der Waals surface area contributed by atoms with E-state index in [1.807, 2.05) is 30.3 Å². The van der Waals surface area contributed by atoms with E-state index in [0.29, 0.717) is 5.75 Å². The summed E-state index contributed by atoms with van der Waals surface area (Å²) in [4.78, 5) is 12.2. The first-order chi connectivity index (χ1) is 14.1. The van der Waals surface area contributed by atoms with Gasteiger partial charge in [0.15, 0.2) is 0 Å². The molecular weight excluding hydrogens is 356 g/mol. The normalized spacial score (nSPS) is 11.0. The minimum atomic E-state index is -0.365. The maximum Gasteiger partial charge on any atom is 0.336 e. The average Bonchev–Trinajstić information content (AvgIpc) is 2.78. The average molecular weight is 385 g/mol. The molecule has 3 rings (SSSR count). The Balaban J connectivity index is 1.64. The van der Waals surface area contributed by atoms with Gasteiger partial charge in [-0.1, -0.05) is 75.4 Å². The standard InChI is InChI=1S/C27H28O2/c1-4-20-7-12-24(13-8-20)25-14-9-21(10-15-25)11-18-27(28)29-26-17-16-22(5-2)23(6-3)19-26/h7-19H,4-6H2,1-3H3/b18-11+. The SMILES string of the molecule is CCc1ccc(-c2ccc(/C=C/C(=O)Oc3ccc(CC)c(CC)c3)cc2)cc1. The van der Waals surface area contributed by atoms with Gasteiger partial charge in [0, 0.05) is 6.08 Å². The molecule has 0 fully saturated rings. The Labute approximate surface area is 173 Å². The van der Waals surface area contributed by atoms with E-state index in [1.54, 1.807) is 6.08 Å². The number of aryl methyl sites for hydroxylation is 3. The third-order valence-electron chi connectivity index (χ3n) is 5.18. The number of rotatable bonds is 7. The number of hydrogen-bond acceptors (Lipinski definition) is 2. The lowest BCUT2D eigenvalue weighted by molar-refractivity contribution is -0.128. The highest BCUT2D eigenvalue weighted by Crippen LogP contribution is 2.22. The summed E-state index contributed by atoms with van der Waals surface area (Å²) in [6, 6.07) is 22.7. The predicted octanol–water partition coefficient (Wildman–Crippen LogP) is 6.66. The van der Waals surface area contributed by atoms with E-state index in [9.17, 15) is 4.79 Å². The highest BCUT2D eigenvalue weighted by atomic mass is 16.5. The monoisotopic (exact) mass is 384 g/mol. The van der Waals surface area contributed by atoms with Crippen LogP contribution in [0.25, 0.3) is 17.2 Å². The van der Waals surface area contributed by atoms with Crippen molar-refractivity contribution < 1.29 is 9.53 Å². The van der Waals surface area contributed by atoms with Crippen LogP contribution in [0.5, 0.6) is 5.75 Å². The minimum Gasteiger partial charge on any atom is -0.423 e. The molecule has 0 aliphatic heterocycles. The van der Waals surface area contributed by atoms with Crippen LogP contribution in [-0.2, 0) is 24.1 Å². The van der Waals surface area contributed by atoms with Gasteiger partial charge in [-0.15, -0.1) is 0 Å². The molecule has 0 heterocycles. The Morgan fingerprint density at radius 2 is 1.38 bits per heavy atom. The summed E-state index contributed by atoms with van der Waals surface area (Å²) < 4.78 is 5.47. The third-order valence-corrected chi connectivity index (χ3v) is 5.18. The Hall–Kier alpha value is -3.13. The molecule has 0 radical (unpaired) electrons. The van der Waals surface area contributed by atoms with Crippen LogP contribution in [0.2, 0.25) is 0 Å². The van der Waals surface area contributed by atoms with Crippen LogP contribution < -0.4 is 4.74 Å². The second-order valence-corrected chi connectivity index (χ2v) is 7.06. The largest absolute Gasteiger partial charge is 0.423 e. The molecule has 0 aliphatic rings.